The lowest BCUT2D eigenvalue weighted by Crippen LogP contribution is -2.04. The third-order valence-electron chi connectivity index (χ3n) is 5.00. The number of carbonyl (C=O) groups is 1. The molecule has 0 bridgehead atoms. The summed E-state index contributed by atoms with van der Waals surface area (Å²) in [6, 6.07) is 30.9. The molecule has 0 aliphatic heterocycles. The Bertz CT molecular complexity index is 1270. The molecule has 0 fully saturated rings. The van der Waals surface area contributed by atoms with Crippen LogP contribution in [0.1, 0.15) is 15.9 Å². The van der Waals surface area contributed by atoms with Crippen molar-refractivity contribution < 1.29 is 9.53 Å². The van der Waals surface area contributed by atoms with Crippen molar-refractivity contribution in [2.24, 2.45) is 0 Å². The molecule has 4 nitrogen and oxygen atoms in total. The zero-order valence-corrected chi connectivity index (χ0v) is 18.3. The molecule has 0 aliphatic rings. The summed E-state index contributed by atoms with van der Waals surface area (Å²) < 4.78 is 5.16. The van der Waals surface area contributed by atoms with Crippen LogP contribution in [0.15, 0.2) is 96.0 Å². The molecular weight excluding hydrogens is 416 g/mol. The summed E-state index contributed by atoms with van der Waals surface area (Å²) in [6.07, 6.45) is 0. The minimum atomic E-state index is -0.0327. The first kappa shape index (κ1) is 21.4. The highest BCUT2D eigenvalue weighted by atomic mass is 32.2. The van der Waals surface area contributed by atoms with Gasteiger partial charge in [0, 0.05) is 16.7 Å². The monoisotopic (exact) mass is 436 g/mol. The van der Waals surface area contributed by atoms with Crippen LogP contribution in [0.5, 0.6) is 5.75 Å². The molecule has 0 saturated heterocycles. The number of nitrogens with zero attached hydrogens (tertiary/aromatic N) is 2. The molecule has 4 rings (SSSR count). The van der Waals surface area contributed by atoms with Gasteiger partial charge in [-0.2, -0.15) is 5.26 Å². The lowest BCUT2D eigenvalue weighted by atomic mass is 9.99. The number of nitriles is 1. The van der Waals surface area contributed by atoms with Gasteiger partial charge in [-0.3, -0.25) is 4.79 Å². The van der Waals surface area contributed by atoms with E-state index in [1.807, 2.05) is 66.7 Å². The maximum Gasteiger partial charge on any atom is 0.173 e. The molecule has 32 heavy (non-hydrogen) atoms. The van der Waals surface area contributed by atoms with Crippen LogP contribution in [0.2, 0.25) is 0 Å². The molecule has 0 spiro atoms. The van der Waals surface area contributed by atoms with Crippen molar-refractivity contribution in [3.05, 3.63) is 102 Å². The lowest BCUT2D eigenvalue weighted by molar-refractivity contribution is 0.102. The molecule has 0 radical (unpaired) electrons. The van der Waals surface area contributed by atoms with Crippen molar-refractivity contribution >= 4 is 17.5 Å². The molecule has 0 N–H and O–H groups in total. The lowest BCUT2D eigenvalue weighted by Gasteiger charge is -2.12. The van der Waals surface area contributed by atoms with Crippen molar-refractivity contribution in [3.63, 3.8) is 0 Å². The first-order valence-corrected chi connectivity index (χ1v) is 11.0. The summed E-state index contributed by atoms with van der Waals surface area (Å²) in [6.45, 7) is 0. The predicted octanol–water partition coefficient (Wildman–Crippen LogP) is 6.27. The third kappa shape index (κ3) is 4.72. The number of aromatic nitrogens is 1. The van der Waals surface area contributed by atoms with Crippen molar-refractivity contribution in [2.75, 3.05) is 12.9 Å². The molecule has 4 aromatic rings. The molecule has 1 aromatic heterocycles. The first-order valence-electron chi connectivity index (χ1n) is 10.1. The summed E-state index contributed by atoms with van der Waals surface area (Å²) in [7, 11) is 1.59. The molecule has 0 aliphatic carbocycles. The van der Waals surface area contributed by atoms with E-state index in [9.17, 15) is 10.1 Å². The minimum absolute atomic E-state index is 0.0327. The van der Waals surface area contributed by atoms with Crippen LogP contribution in [-0.4, -0.2) is 23.6 Å². The summed E-state index contributed by atoms with van der Waals surface area (Å²) in [5.41, 5.74) is 4.54. The van der Waals surface area contributed by atoms with E-state index in [0.717, 1.165) is 22.4 Å². The fourth-order valence-corrected chi connectivity index (χ4v) is 4.23. The molecule has 0 saturated carbocycles. The Hall–Kier alpha value is -3.88. The van der Waals surface area contributed by atoms with Crippen LogP contribution in [-0.2, 0) is 0 Å². The number of ether oxygens (including phenoxy) is 1. The highest BCUT2D eigenvalue weighted by Crippen LogP contribution is 2.34. The molecule has 156 valence electrons. The van der Waals surface area contributed by atoms with Gasteiger partial charge in [0.2, 0.25) is 0 Å². The SMILES string of the molecule is COc1ccc(C(=O)CSc2nc(-c3ccccc3)cc(-c3ccccc3)c2C#N)cc1. The summed E-state index contributed by atoms with van der Waals surface area (Å²) in [4.78, 5) is 17.5. The van der Waals surface area contributed by atoms with Gasteiger partial charge < -0.3 is 4.74 Å². The second-order valence-electron chi connectivity index (χ2n) is 7.02. The number of methoxy groups -OCH3 is 1. The van der Waals surface area contributed by atoms with Crippen LogP contribution >= 0.6 is 11.8 Å². The van der Waals surface area contributed by atoms with Gasteiger partial charge in [0.1, 0.15) is 16.8 Å². The maximum atomic E-state index is 12.8. The first-order chi connectivity index (χ1) is 15.7. The Kier molecular flexibility index (Phi) is 6.64. The van der Waals surface area contributed by atoms with Crippen molar-refractivity contribution in [2.45, 2.75) is 5.03 Å². The third-order valence-corrected chi connectivity index (χ3v) is 5.98. The van der Waals surface area contributed by atoms with Crippen molar-refractivity contribution in [3.8, 4) is 34.2 Å². The molecule has 0 amide bonds. The average molecular weight is 437 g/mol. The average Bonchev–Trinajstić information content (AvgIpc) is 2.87. The largest absolute Gasteiger partial charge is 0.497 e. The summed E-state index contributed by atoms with van der Waals surface area (Å²) in [5, 5.41) is 10.5. The number of hydrogen-bond acceptors (Lipinski definition) is 5. The number of thioether (sulfide) groups is 1. The van der Waals surface area contributed by atoms with Gasteiger partial charge in [-0.25, -0.2) is 4.98 Å². The number of Topliss-reactive ketones (excluding diaryl/α,β-unsaturated/α-hetero) is 1. The zero-order chi connectivity index (χ0) is 22.3. The molecule has 0 atom stereocenters. The fraction of sp³-hybridized carbons (Fsp3) is 0.0741. The number of hydrogen-bond donors (Lipinski definition) is 0. The Morgan fingerprint density at radius 1 is 0.938 bits per heavy atom. The Labute approximate surface area is 191 Å². The second kappa shape index (κ2) is 9.95. The van der Waals surface area contributed by atoms with E-state index in [1.54, 1.807) is 31.4 Å². The number of carbonyl (C=O) groups excluding carboxylic acids is 1. The number of ketones is 1. The normalized spacial score (nSPS) is 10.4. The highest BCUT2D eigenvalue weighted by molar-refractivity contribution is 8.00. The van der Waals surface area contributed by atoms with Crippen molar-refractivity contribution in [1.29, 1.82) is 5.26 Å². The topological polar surface area (TPSA) is 63.0 Å². The van der Waals surface area contributed by atoms with E-state index >= 15 is 0 Å². The Morgan fingerprint density at radius 3 is 2.16 bits per heavy atom. The fourth-order valence-electron chi connectivity index (χ4n) is 3.33. The van der Waals surface area contributed by atoms with Gasteiger partial charge in [-0.1, -0.05) is 72.4 Å². The Morgan fingerprint density at radius 2 is 1.56 bits per heavy atom. The minimum Gasteiger partial charge on any atom is -0.497 e. The summed E-state index contributed by atoms with van der Waals surface area (Å²) >= 11 is 1.29. The Balaban J connectivity index is 1.71. The molecule has 3 aromatic carbocycles. The van der Waals surface area contributed by atoms with E-state index < -0.39 is 0 Å². The number of rotatable bonds is 7. The van der Waals surface area contributed by atoms with Crippen LogP contribution in [0.3, 0.4) is 0 Å². The van der Waals surface area contributed by atoms with Gasteiger partial charge >= 0.3 is 0 Å². The maximum absolute atomic E-state index is 12.8. The highest BCUT2D eigenvalue weighted by Gasteiger charge is 2.17. The van der Waals surface area contributed by atoms with E-state index in [0.29, 0.717) is 21.9 Å². The van der Waals surface area contributed by atoms with Crippen LogP contribution < -0.4 is 4.74 Å². The molecule has 1 heterocycles. The van der Waals surface area contributed by atoms with E-state index in [1.165, 1.54) is 11.8 Å². The summed E-state index contributed by atoms with van der Waals surface area (Å²) in [5.74, 6) is 0.848. The van der Waals surface area contributed by atoms with Gasteiger partial charge in [-0.05, 0) is 35.9 Å². The molecule has 0 unspecified atom stereocenters. The van der Waals surface area contributed by atoms with E-state index in [-0.39, 0.29) is 11.5 Å². The predicted molar refractivity (Wildman–Crippen MR) is 128 cm³/mol. The van der Waals surface area contributed by atoms with Gasteiger partial charge in [-0.15, -0.1) is 0 Å². The van der Waals surface area contributed by atoms with Gasteiger partial charge in [0.05, 0.1) is 24.1 Å². The standard InChI is InChI=1S/C27H20N2O2S/c1-31-22-14-12-21(13-15-22)26(30)18-32-27-24(17-28)23(19-8-4-2-5-9-19)16-25(29-27)20-10-6-3-7-11-20/h2-16H,18H2,1H3. The van der Waals surface area contributed by atoms with Gasteiger partial charge in [0.25, 0.3) is 0 Å². The molecular formula is C27H20N2O2S. The smallest absolute Gasteiger partial charge is 0.173 e. The number of pyridine rings is 1. The second-order valence-corrected chi connectivity index (χ2v) is 7.98. The van der Waals surface area contributed by atoms with Crippen LogP contribution in [0.4, 0.5) is 0 Å². The van der Waals surface area contributed by atoms with E-state index in [4.69, 9.17) is 9.72 Å². The van der Waals surface area contributed by atoms with E-state index in [2.05, 4.69) is 6.07 Å². The van der Waals surface area contributed by atoms with Crippen molar-refractivity contribution in [1.82, 2.24) is 4.98 Å². The van der Waals surface area contributed by atoms with Crippen LogP contribution in [0.25, 0.3) is 22.4 Å². The van der Waals surface area contributed by atoms with Crippen LogP contribution in [0, 0.1) is 11.3 Å². The number of benzene rings is 3. The zero-order valence-electron chi connectivity index (χ0n) is 17.5. The quantitative estimate of drug-likeness (QED) is 0.252. The van der Waals surface area contributed by atoms with Gasteiger partial charge in [0.15, 0.2) is 5.78 Å². The molecule has 5 heteroatoms.